The number of carbonyl (C=O) groups excluding carboxylic acids is 2. The molecule has 0 aliphatic heterocycles. The van der Waals surface area contributed by atoms with Gasteiger partial charge in [0.05, 0.1) is 39.3 Å². The van der Waals surface area contributed by atoms with E-state index in [1.54, 1.807) is 34.3 Å². The number of nitrogens with zero attached hydrogens (tertiary/aromatic N) is 3. The Bertz CT molecular complexity index is 1370. The lowest BCUT2D eigenvalue weighted by atomic mass is 10.1. The van der Waals surface area contributed by atoms with Gasteiger partial charge in [-0.3, -0.25) is 18.2 Å². The minimum absolute atomic E-state index is 0.00267. The van der Waals surface area contributed by atoms with Crippen LogP contribution >= 0.6 is 23.9 Å². The molecule has 0 atom stereocenters. The van der Waals surface area contributed by atoms with Gasteiger partial charge in [0.15, 0.2) is 0 Å². The van der Waals surface area contributed by atoms with Crippen molar-refractivity contribution in [1.29, 1.82) is 0 Å². The van der Waals surface area contributed by atoms with Gasteiger partial charge in [-0.05, 0) is 86.3 Å². The Morgan fingerprint density at radius 3 is 1.67 bits per heavy atom. The maximum absolute atomic E-state index is 12.7. The van der Waals surface area contributed by atoms with Crippen molar-refractivity contribution in [3.05, 3.63) is 79.0 Å². The van der Waals surface area contributed by atoms with E-state index in [0.29, 0.717) is 5.82 Å². The molecule has 9 nitrogen and oxygen atoms in total. The van der Waals surface area contributed by atoms with Gasteiger partial charge in [0.1, 0.15) is 30.4 Å². The quantitative estimate of drug-likeness (QED) is 0.118. The lowest BCUT2D eigenvalue weighted by Crippen LogP contribution is -2.27. The fraction of sp³-hybridized carbons (Fsp3) is 0.258. The van der Waals surface area contributed by atoms with Crippen LogP contribution in [0.15, 0.2) is 88.8 Å². The van der Waals surface area contributed by atoms with Gasteiger partial charge in [-0.15, -0.1) is 0 Å². The Hall–Kier alpha value is -4.09. The van der Waals surface area contributed by atoms with E-state index >= 15 is 0 Å². The van der Waals surface area contributed by atoms with Crippen LogP contribution in [-0.2, 0) is 19.1 Å². The van der Waals surface area contributed by atoms with Gasteiger partial charge in [-0.2, -0.15) is 0 Å². The number of aromatic nitrogens is 1. The van der Waals surface area contributed by atoms with Crippen molar-refractivity contribution in [1.82, 2.24) is 4.98 Å². The number of methoxy groups -OCH3 is 2. The van der Waals surface area contributed by atoms with Crippen LogP contribution in [0.5, 0.6) is 11.5 Å². The van der Waals surface area contributed by atoms with Crippen molar-refractivity contribution < 1.29 is 28.5 Å². The molecule has 4 aromatic rings. The fourth-order valence-electron chi connectivity index (χ4n) is 4.05. The molecule has 0 aliphatic rings. The predicted molar refractivity (Wildman–Crippen MR) is 167 cm³/mol. The molecule has 0 amide bonds. The minimum atomic E-state index is -0.368. The molecule has 0 spiro atoms. The highest BCUT2D eigenvalue weighted by Gasteiger charge is 2.23. The summed E-state index contributed by atoms with van der Waals surface area (Å²) in [6.45, 7) is 4.10. The van der Waals surface area contributed by atoms with Crippen LogP contribution in [0, 0.1) is 0 Å². The number of hydrogen-bond donors (Lipinski definition) is 0. The molecule has 0 bridgehead atoms. The molecule has 4 rings (SSSR count). The van der Waals surface area contributed by atoms with Crippen LogP contribution in [0.1, 0.15) is 13.8 Å². The van der Waals surface area contributed by atoms with E-state index < -0.39 is 0 Å². The average molecular weight is 608 g/mol. The van der Waals surface area contributed by atoms with Crippen LogP contribution in [0.3, 0.4) is 0 Å². The second-order valence-corrected chi connectivity index (χ2v) is 10.9. The number of ether oxygens (including phenoxy) is 4. The predicted octanol–water partition coefficient (Wildman–Crippen LogP) is 6.41. The number of rotatable bonds is 14. The minimum Gasteiger partial charge on any atom is -0.497 e. The first-order valence-corrected chi connectivity index (χ1v) is 14.9. The molecular weight excluding hydrogens is 574 g/mol. The van der Waals surface area contributed by atoms with Crippen molar-refractivity contribution >= 4 is 58.1 Å². The van der Waals surface area contributed by atoms with Crippen molar-refractivity contribution in [3.63, 3.8) is 0 Å². The third kappa shape index (κ3) is 8.01. The fourth-order valence-corrected chi connectivity index (χ4v) is 5.89. The van der Waals surface area contributed by atoms with Gasteiger partial charge in [0.25, 0.3) is 0 Å². The van der Waals surface area contributed by atoms with E-state index in [4.69, 9.17) is 23.9 Å². The average Bonchev–Trinajstić information content (AvgIpc) is 3.01. The third-order valence-electron chi connectivity index (χ3n) is 5.96. The van der Waals surface area contributed by atoms with Gasteiger partial charge in [0, 0.05) is 20.6 Å². The van der Waals surface area contributed by atoms with Crippen molar-refractivity contribution in [2.45, 2.75) is 23.6 Å². The maximum atomic E-state index is 12.7. The zero-order valence-electron chi connectivity index (χ0n) is 23.9. The highest BCUT2D eigenvalue weighted by atomic mass is 32.2. The molecule has 42 heavy (non-hydrogen) atoms. The number of fused-ring (bicyclic) bond motifs is 1. The summed E-state index contributed by atoms with van der Waals surface area (Å²) >= 11 is 2.78. The highest BCUT2D eigenvalue weighted by Crippen LogP contribution is 2.40. The molecule has 0 aliphatic carbocycles. The first kappa shape index (κ1) is 30.9. The van der Waals surface area contributed by atoms with Gasteiger partial charge >= 0.3 is 11.9 Å². The number of benzene rings is 3. The molecule has 11 heteroatoms. The van der Waals surface area contributed by atoms with E-state index in [-0.39, 0.29) is 38.2 Å². The van der Waals surface area contributed by atoms with E-state index in [9.17, 15) is 9.59 Å². The first-order valence-electron chi connectivity index (χ1n) is 13.3. The molecule has 1 aromatic heterocycles. The summed E-state index contributed by atoms with van der Waals surface area (Å²) in [7, 11) is 3.23. The summed E-state index contributed by atoms with van der Waals surface area (Å²) in [4.78, 5) is 32.0. The molecule has 0 N–H and O–H groups in total. The molecule has 0 saturated heterocycles. The van der Waals surface area contributed by atoms with E-state index in [2.05, 4.69) is 0 Å². The summed E-state index contributed by atoms with van der Waals surface area (Å²) in [5, 5.41) is 1.67. The van der Waals surface area contributed by atoms with Crippen LogP contribution in [0.4, 0.5) is 11.5 Å². The van der Waals surface area contributed by atoms with Crippen molar-refractivity contribution in [2.75, 3.05) is 49.1 Å². The Morgan fingerprint density at radius 2 is 1.17 bits per heavy atom. The van der Waals surface area contributed by atoms with Crippen LogP contribution in [-0.4, -0.2) is 57.4 Å². The van der Waals surface area contributed by atoms with Crippen LogP contribution in [0.25, 0.3) is 10.8 Å². The SMILES string of the molecule is CCOC(=O)CN(Sc1ccc(OC)cc1)c1cnc(N(CC(=O)OCC)Sc2ccc(OC)cc2)c2ccccc12. The number of anilines is 2. The molecule has 0 fully saturated rings. The summed E-state index contributed by atoms with van der Waals surface area (Å²) < 4.78 is 24.8. The van der Waals surface area contributed by atoms with Gasteiger partial charge < -0.3 is 18.9 Å². The molecule has 0 radical (unpaired) electrons. The Labute approximate surface area is 254 Å². The number of esters is 2. The van der Waals surface area contributed by atoms with Gasteiger partial charge in [0.2, 0.25) is 0 Å². The third-order valence-corrected chi connectivity index (χ3v) is 8.00. The summed E-state index contributed by atoms with van der Waals surface area (Å²) in [5.41, 5.74) is 0.730. The van der Waals surface area contributed by atoms with Gasteiger partial charge in [-0.25, -0.2) is 4.98 Å². The largest absolute Gasteiger partial charge is 0.497 e. The Balaban J connectivity index is 1.76. The number of carbonyl (C=O) groups is 2. The lowest BCUT2D eigenvalue weighted by Gasteiger charge is -2.27. The summed E-state index contributed by atoms with van der Waals surface area (Å²) in [5.74, 6) is 1.34. The zero-order chi connectivity index (χ0) is 29.9. The summed E-state index contributed by atoms with van der Waals surface area (Å²) in [6.07, 6.45) is 1.72. The smallest absolute Gasteiger partial charge is 0.326 e. The second-order valence-electron chi connectivity index (χ2n) is 8.73. The lowest BCUT2D eigenvalue weighted by molar-refractivity contribution is -0.142. The van der Waals surface area contributed by atoms with Crippen molar-refractivity contribution in [3.8, 4) is 11.5 Å². The van der Waals surface area contributed by atoms with E-state index in [1.807, 2.05) is 81.4 Å². The Morgan fingerprint density at radius 1 is 0.690 bits per heavy atom. The summed E-state index contributed by atoms with van der Waals surface area (Å²) in [6, 6.07) is 22.9. The number of hydrogen-bond acceptors (Lipinski definition) is 11. The first-order chi connectivity index (χ1) is 20.4. The normalized spacial score (nSPS) is 10.7. The molecule has 0 saturated carbocycles. The van der Waals surface area contributed by atoms with Gasteiger partial charge in [-0.1, -0.05) is 24.3 Å². The zero-order valence-corrected chi connectivity index (χ0v) is 25.6. The molecule has 1 heterocycles. The maximum Gasteiger partial charge on any atom is 0.326 e. The number of pyridine rings is 1. The molecule has 3 aromatic carbocycles. The Kier molecular flexibility index (Phi) is 11.2. The van der Waals surface area contributed by atoms with E-state index in [1.165, 1.54) is 23.9 Å². The van der Waals surface area contributed by atoms with E-state index in [0.717, 1.165) is 37.7 Å². The van der Waals surface area contributed by atoms with Crippen molar-refractivity contribution in [2.24, 2.45) is 0 Å². The molecular formula is C31H33N3O6S2. The monoisotopic (exact) mass is 607 g/mol. The van der Waals surface area contributed by atoms with Crippen LogP contribution in [0.2, 0.25) is 0 Å². The standard InChI is InChI=1S/C31H33N3O6S2/c1-5-39-29(35)20-33(41-24-15-11-22(37-3)12-16-24)28-19-32-31(27-10-8-7-9-26(27)28)34(21-30(36)40-6-2)42-25-17-13-23(38-4)14-18-25/h7-19H,5-6,20-21H2,1-4H3. The van der Waals surface area contributed by atoms with Crippen LogP contribution < -0.4 is 18.1 Å². The highest BCUT2D eigenvalue weighted by molar-refractivity contribution is 8.01. The topological polar surface area (TPSA) is 90.4 Å². The molecule has 0 unspecified atom stereocenters. The second kappa shape index (κ2) is 15.2. The molecule has 220 valence electrons.